The predicted octanol–water partition coefficient (Wildman–Crippen LogP) is 2.80. The van der Waals surface area contributed by atoms with Gasteiger partial charge in [0.25, 0.3) is 0 Å². The molecule has 1 N–H and O–H groups in total. The van der Waals surface area contributed by atoms with E-state index in [1.165, 1.54) is 7.11 Å². The first-order chi connectivity index (χ1) is 9.23. The largest absolute Gasteiger partial charge is 0.469 e. The van der Waals surface area contributed by atoms with Crippen molar-refractivity contribution in [1.29, 1.82) is 0 Å². The lowest BCUT2D eigenvalue weighted by Crippen LogP contribution is -2.37. The zero-order valence-corrected chi connectivity index (χ0v) is 13.0. The molecule has 5 heteroatoms. The minimum Gasteiger partial charge on any atom is -0.469 e. The van der Waals surface area contributed by atoms with Crippen molar-refractivity contribution in [3.8, 4) is 0 Å². The Labute approximate surface area is 120 Å². The summed E-state index contributed by atoms with van der Waals surface area (Å²) in [5.74, 6) is -0.360. The normalized spacial score (nSPS) is 22.4. The van der Waals surface area contributed by atoms with Gasteiger partial charge in [0.1, 0.15) is 5.60 Å². The third-order valence-corrected chi connectivity index (χ3v) is 3.10. The van der Waals surface area contributed by atoms with Gasteiger partial charge in [0.05, 0.1) is 13.0 Å². The molecule has 0 heterocycles. The lowest BCUT2D eigenvalue weighted by Gasteiger charge is -2.21. The van der Waals surface area contributed by atoms with Crippen LogP contribution in [0.1, 0.15) is 47.0 Å². The number of ether oxygens (including phenoxy) is 2. The van der Waals surface area contributed by atoms with Gasteiger partial charge in [-0.15, -0.1) is 0 Å². The molecule has 114 valence electrons. The number of carbonyl (C=O) groups excluding carboxylic acids is 2. The van der Waals surface area contributed by atoms with E-state index in [1.54, 1.807) is 0 Å². The van der Waals surface area contributed by atoms with E-state index < -0.39 is 11.7 Å². The molecule has 1 aliphatic carbocycles. The zero-order valence-electron chi connectivity index (χ0n) is 13.0. The Balaban J connectivity index is 2.59. The first kappa shape index (κ1) is 16.5. The molecule has 0 bridgehead atoms. The summed E-state index contributed by atoms with van der Waals surface area (Å²) in [5.41, 5.74) is 0.527. The number of nitrogens with one attached hydrogen (secondary N) is 1. The highest BCUT2D eigenvalue weighted by Gasteiger charge is 2.29. The number of amides is 1. The quantitative estimate of drug-likeness (QED) is 0.639. The van der Waals surface area contributed by atoms with E-state index in [9.17, 15) is 9.59 Å². The van der Waals surface area contributed by atoms with Crippen LogP contribution >= 0.6 is 0 Å². The lowest BCUT2D eigenvalue weighted by atomic mass is 10.0. The van der Waals surface area contributed by atoms with Gasteiger partial charge in [-0.05, 0) is 47.0 Å². The first-order valence-corrected chi connectivity index (χ1v) is 7.01. The van der Waals surface area contributed by atoms with Gasteiger partial charge in [0.15, 0.2) is 0 Å². The molecule has 0 aromatic carbocycles. The molecule has 0 aliphatic heterocycles. The molecule has 0 aromatic heterocycles. The summed E-state index contributed by atoms with van der Waals surface area (Å²) in [7, 11) is 1.40. The number of rotatable bonds is 3. The van der Waals surface area contributed by atoms with Gasteiger partial charge in [0.2, 0.25) is 0 Å². The number of methoxy groups -OCH3 is 1. The Kier molecular flexibility index (Phi) is 5.60. The van der Waals surface area contributed by atoms with E-state index in [4.69, 9.17) is 9.47 Å². The van der Waals surface area contributed by atoms with Crippen LogP contribution in [0, 0.1) is 5.92 Å². The predicted molar refractivity (Wildman–Crippen MR) is 76.3 cm³/mol. The molecule has 0 saturated heterocycles. The Morgan fingerprint density at radius 1 is 1.40 bits per heavy atom. The Morgan fingerprint density at radius 3 is 2.60 bits per heavy atom. The summed E-state index contributed by atoms with van der Waals surface area (Å²) in [4.78, 5) is 23.3. The van der Waals surface area contributed by atoms with Crippen LogP contribution in [0.4, 0.5) is 4.79 Å². The van der Waals surface area contributed by atoms with Crippen LogP contribution < -0.4 is 5.32 Å². The van der Waals surface area contributed by atoms with Crippen molar-refractivity contribution in [2.75, 3.05) is 7.11 Å². The molecule has 20 heavy (non-hydrogen) atoms. The summed E-state index contributed by atoms with van der Waals surface area (Å²) >= 11 is 0. The monoisotopic (exact) mass is 283 g/mol. The Bertz CT molecular complexity index is 395. The highest BCUT2D eigenvalue weighted by molar-refractivity contribution is 5.76. The van der Waals surface area contributed by atoms with Crippen molar-refractivity contribution in [2.45, 2.75) is 58.6 Å². The first-order valence-electron chi connectivity index (χ1n) is 7.01. The van der Waals surface area contributed by atoms with Crippen LogP contribution in [-0.4, -0.2) is 30.8 Å². The molecular weight excluding hydrogens is 258 g/mol. The molecular formula is C15H25NO4. The SMILES string of the molecule is COC(=O)[C@H]1CCC/C1=C/[C@H](C)NC(=O)OC(C)(C)C. The summed E-state index contributed by atoms with van der Waals surface area (Å²) in [6, 6.07) is -0.176. The fourth-order valence-electron chi connectivity index (χ4n) is 2.34. The molecule has 1 saturated carbocycles. The second-order valence-corrected chi connectivity index (χ2v) is 6.14. The number of esters is 1. The molecule has 0 unspecified atom stereocenters. The number of alkyl carbamates (subject to hydrolysis) is 1. The maximum atomic E-state index is 11.7. The van der Waals surface area contributed by atoms with Crippen molar-refractivity contribution >= 4 is 12.1 Å². The number of hydrogen-bond donors (Lipinski definition) is 1. The highest BCUT2D eigenvalue weighted by Crippen LogP contribution is 2.32. The second-order valence-electron chi connectivity index (χ2n) is 6.14. The van der Waals surface area contributed by atoms with Crippen molar-refractivity contribution < 1.29 is 19.1 Å². The van der Waals surface area contributed by atoms with E-state index in [1.807, 2.05) is 33.8 Å². The van der Waals surface area contributed by atoms with Crippen LogP contribution in [0.2, 0.25) is 0 Å². The van der Waals surface area contributed by atoms with Gasteiger partial charge < -0.3 is 14.8 Å². The van der Waals surface area contributed by atoms with Crippen LogP contribution in [-0.2, 0) is 14.3 Å². The summed E-state index contributed by atoms with van der Waals surface area (Å²) in [6.07, 6.45) is 4.15. The second kappa shape index (κ2) is 6.77. The van der Waals surface area contributed by atoms with Gasteiger partial charge >= 0.3 is 12.1 Å². The third kappa shape index (κ3) is 5.23. The van der Waals surface area contributed by atoms with Crippen LogP contribution in [0.3, 0.4) is 0 Å². The zero-order chi connectivity index (χ0) is 15.3. The fourth-order valence-corrected chi connectivity index (χ4v) is 2.34. The minimum atomic E-state index is -0.515. The van der Waals surface area contributed by atoms with E-state index in [-0.39, 0.29) is 17.9 Å². The maximum Gasteiger partial charge on any atom is 0.408 e. The smallest absolute Gasteiger partial charge is 0.408 e. The maximum absolute atomic E-state index is 11.7. The standard InChI is InChI=1S/C15H25NO4/c1-10(16-14(18)20-15(2,3)4)9-11-7-6-8-12(11)13(17)19-5/h9-10,12H,6-8H2,1-5H3,(H,16,18)/b11-9-/t10-,12-/m0/s1. The fraction of sp³-hybridized carbons (Fsp3) is 0.733. The number of hydrogen-bond acceptors (Lipinski definition) is 4. The Morgan fingerprint density at radius 2 is 2.05 bits per heavy atom. The van der Waals surface area contributed by atoms with Crippen LogP contribution in [0.5, 0.6) is 0 Å². The average molecular weight is 283 g/mol. The van der Waals surface area contributed by atoms with Crippen molar-refractivity contribution in [1.82, 2.24) is 5.32 Å². The van der Waals surface area contributed by atoms with Crippen LogP contribution in [0.15, 0.2) is 11.6 Å². The molecule has 0 spiro atoms. The van der Waals surface area contributed by atoms with E-state index >= 15 is 0 Å². The molecule has 1 rings (SSSR count). The van der Waals surface area contributed by atoms with Gasteiger partial charge in [-0.1, -0.05) is 11.6 Å². The van der Waals surface area contributed by atoms with E-state index in [0.717, 1.165) is 24.8 Å². The van der Waals surface area contributed by atoms with Crippen molar-refractivity contribution in [3.05, 3.63) is 11.6 Å². The third-order valence-electron chi connectivity index (χ3n) is 3.10. The minimum absolute atomic E-state index is 0.164. The van der Waals surface area contributed by atoms with Gasteiger partial charge in [-0.3, -0.25) is 4.79 Å². The highest BCUT2D eigenvalue weighted by atomic mass is 16.6. The molecule has 1 amide bonds. The van der Waals surface area contributed by atoms with Crippen LogP contribution in [0.25, 0.3) is 0 Å². The molecule has 5 nitrogen and oxygen atoms in total. The molecule has 1 aliphatic rings. The van der Waals surface area contributed by atoms with Crippen molar-refractivity contribution in [3.63, 3.8) is 0 Å². The molecule has 1 fully saturated rings. The van der Waals surface area contributed by atoms with Gasteiger partial charge in [0, 0.05) is 6.04 Å². The average Bonchev–Trinajstić information content (AvgIpc) is 2.73. The van der Waals surface area contributed by atoms with Gasteiger partial charge in [-0.2, -0.15) is 0 Å². The summed E-state index contributed by atoms with van der Waals surface area (Å²) in [5, 5.41) is 2.75. The molecule has 2 atom stereocenters. The summed E-state index contributed by atoms with van der Waals surface area (Å²) < 4.78 is 10.00. The number of carbonyl (C=O) groups is 2. The van der Waals surface area contributed by atoms with E-state index in [0.29, 0.717) is 0 Å². The lowest BCUT2D eigenvalue weighted by molar-refractivity contribution is -0.143. The molecule has 0 aromatic rings. The Hall–Kier alpha value is -1.52. The molecule has 0 radical (unpaired) electrons. The van der Waals surface area contributed by atoms with Gasteiger partial charge in [-0.25, -0.2) is 4.79 Å². The van der Waals surface area contributed by atoms with Crippen molar-refractivity contribution in [2.24, 2.45) is 5.92 Å². The van der Waals surface area contributed by atoms with E-state index in [2.05, 4.69) is 5.32 Å². The topological polar surface area (TPSA) is 64.6 Å². The summed E-state index contributed by atoms with van der Waals surface area (Å²) in [6.45, 7) is 7.32.